The van der Waals surface area contributed by atoms with Crippen molar-refractivity contribution in [2.24, 2.45) is 0 Å². The Morgan fingerprint density at radius 2 is 1.70 bits per heavy atom. The second-order valence-corrected chi connectivity index (χ2v) is 12.6. The van der Waals surface area contributed by atoms with Gasteiger partial charge in [0.15, 0.2) is 6.10 Å². The Bertz CT molecular complexity index is 1670. The lowest BCUT2D eigenvalue weighted by molar-refractivity contribution is -0.122. The zero-order chi connectivity index (χ0) is 31.5. The molecule has 43 heavy (non-hydrogen) atoms. The third-order valence-corrected chi connectivity index (χ3v) is 8.66. The number of amides is 1. The highest BCUT2D eigenvalue weighted by atomic mass is 35.5. The molecule has 0 aliphatic carbocycles. The van der Waals surface area contributed by atoms with Gasteiger partial charge in [0, 0.05) is 17.3 Å². The minimum atomic E-state index is -0.759. The molecule has 1 atom stereocenters. The van der Waals surface area contributed by atoms with Crippen LogP contribution >= 0.6 is 11.6 Å². The van der Waals surface area contributed by atoms with Gasteiger partial charge in [0.05, 0.1) is 22.1 Å². The molecule has 0 fully saturated rings. The van der Waals surface area contributed by atoms with Crippen LogP contribution in [-0.4, -0.2) is 21.8 Å². The van der Waals surface area contributed by atoms with Crippen LogP contribution in [0.1, 0.15) is 72.4 Å². The first-order valence-electron chi connectivity index (χ1n) is 14.6. The monoisotopic (exact) mass is 603 g/mol. The number of H-pyrrole nitrogens is 1. The van der Waals surface area contributed by atoms with Crippen molar-refractivity contribution in [3.63, 3.8) is 0 Å². The molecule has 0 saturated carbocycles. The topological polar surface area (TPSA) is 114 Å². The second-order valence-electron chi connectivity index (χ2n) is 12.2. The van der Waals surface area contributed by atoms with Crippen molar-refractivity contribution in [1.29, 1.82) is 0 Å². The molecule has 3 aromatic carbocycles. The Morgan fingerprint density at radius 1 is 1.00 bits per heavy atom. The number of nitrogen functional groups attached to an aromatic ring is 1. The first-order chi connectivity index (χ1) is 20.3. The number of carbonyl (C=O) groups excluding carboxylic acids is 1. The van der Waals surface area contributed by atoms with E-state index in [-0.39, 0.29) is 22.3 Å². The summed E-state index contributed by atoms with van der Waals surface area (Å²) >= 11 is 6.45. The fourth-order valence-electron chi connectivity index (χ4n) is 4.64. The maximum Gasteiger partial charge on any atom is 0.273 e. The van der Waals surface area contributed by atoms with Gasteiger partial charge in [0.1, 0.15) is 11.6 Å². The molecule has 1 heterocycles. The van der Waals surface area contributed by atoms with Gasteiger partial charge >= 0.3 is 0 Å². The number of halogens is 1. The molecule has 4 rings (SSSR count). The molecule has 8 nitrogen and oxygen atoms in total. The SMILES string of the molecule is CCC(C)(C)c1ccc(OC(C)C(=O)Nc2ccc(Cl)c(Nc3cc(=O)n(-c4ccccc4N)[nH]3)c2)c(C(C)(C)CC)c1. The van der Waals surface area contributed by atoms with Crippen molar-refractivity contribution in [3.05, 3.63) is 93.2 Å². The fraction of sp³-hybridized carbons (Fsp3) is 0.353. The van der Waals surface area contributed by atoms with Crippen LogP contribution in [0.3, 0.4) is 0 Å². The third kappa shape index (κ3) is 7.08. The molecule has 0 bridgehead atoms. The number of rotatable bonds is 11. The Labute approximate surface area is 258 Å². The van der Waals surface area contributed by atoms with E-state index in [0.29, 0.717) is 39.3 Å². The summed E-state index contributed by atoms with van der Waals surface area (Å²) in [4.78, 5) is 25.9. The van der Waals surface area contributed by atoms with Crippen LogP contribution in [0.5, 0.6) is 5.75 Å². The smallest absolute Gasteiger partial charge is 0.273 e. The molecule has 1 unspecified atom stereocenters. The van der Waals surface area contributed by atoms with Gasteiger partial charge in [-0.25, -0.2) is 4.68 Å². The summed E-state index contributed by atoms with van der Waals surface area (Å²) in [5.41, 5.74) is 10.0. The Kier molecular flexibility index (Phi) is 9.30. The number of hydrogen-bond acceptors (Lipinski definition) is 5. The zero-order valence-electron chi connectivity index (χ0n) is 26.0. The second kappa shape index (κ2) is 12.6. The minimum absolute atomic E-state index is 0.0327. The van der Waals surface area contributed by atoms with Crippen LogP contribution in [0.2, 0.25) is 5.02 Å². The molecule has 4 aromatic rings. The predicted molar refractivity (Wildman–Crippen MR) is 177 cm³/mol. The van der Waals surface area contributed by atoms with E-state index < -0.39 is 6.10 Å². The number of aromatic nitrogens is 2. The van der Waals surface area contributed by atoms with E-state index in [1.807, 2.05) is 6.07 Å². The van der Waals surface area contributed by atoms with Gasteiger partial charge in [-0.15, -0.1) is 0 Å². The number of hydrogen-bond donors (Lipinski definition) is 4. The van der Waals surface area contributed by atoms with E-state index in [1.165, 1.54) is 16.3 Å². The number of nitrogens with zero attached hydrogens (tertiary/aromatic N) is 1. The summed E-state index contributed by atoms with van der Waals surface area (Å²) in [5, 5.41) is 9.47. The van der Waals surface area contributed by atoms with Gasteiger partial charge < -0.3 is 21.1 Å². The van der Waals surface area contributed by atoms with Crippen LogP contribution in [-0.2, 0) is 15.6 Å². The molecule has 5 N–H and O–H groups in total. The first-order valence-corrected chi connectivity index (χ1v) is 15.0. The molecule has 9 heteroatoms. The van der Waals surface area contributed by atoms with Crippen LogP contribution in [0.25, 0.3) is 5.69 Å². The number of anilines is 4. The molecule has 0 aliphatic heterocycles. The molecule has 0 aliphatic rings. The molecule has 228 valence electrons. The van der Waals surface area contributed by atoms with E-state index in [1.54, 1.807) is 49.4 Å². The Hall–Kier alpha value is -4.17. The Balaban J connectivity index is 1.52. The molecule has 1 amide bonds. The number of ether oxygens (including phenoxy) is 1. The third-order valence-electron chi connectivity index (χ3n) is 8.33. The van der Waals surface area contributed by atoms with Crippen LogP contribution < -0.4 is 26.7 Å². The number of nitrogens with one attached hydrogen (secondary N) is 3. The number of benzene rings is 3. The van der Waals surface area contributed by atoms with Gasteiger partial charge in [0.25, 0.3) is 11.5 Å². The molecular formula is C34H42ClN5O3. The Morgan fingerprint density at radius 3 is 2.37 bits per heavy atom. The first kappa shape index (κ1) is 31.8. The van der Waals surface area contributed by atoms with Crippen molar-refractivity contribution < 1.29 is 9.53 Å². The highest BCUT2D eigenvalue weighted by molar-refractivity contribution is 6.33. The predicted octanol–water partition coefficient (Wildman–Crippen LogP) is 7.93. The summed E-state index contributed by atoms with van der Waals surface area (Å²) in [6.07, 6.45) is 1.18. The van der Waals surface area contributed by atoms with Crippen molar-refractivity contribution in [1.82, 2.24) is 9.78 Å². The normalized spacial score (nSPS) is 12.6. The molecule has 0 saturated heterocycles. The van der Waals surface area contributed by atoms with Gasteiger partial charge in [-0.1, -0.05) is 77.4 Å². The van der Waals surface area contributed by atoms with E-state index in [9.17, 15) is 9.59 Å². The van der Waals surface area contributed by atoms with Crippen molar-refractivity contribution in [2.45, 2.75) is 78.2 Å². The number of aromatic amines is 1. The van der Waals surface area contributed by atoms with Crippen molar-refractivity contribution in [2.75, 3.05) is 16.4 Å². The van der Waals surface area contributed by atoms with Crippen molar-refractivity contribution in [3.8, 4) is 11.4 Å². The summed E-state index contributed by atoms with van der Waals surface area (Å²) < 4.78 is 7.63. The summed E-state index contributed by atoms with van der Waals surface area (Å²) in [6, 6.07) is 19.9. The molecular weight excluding hydrogens is 562 g/mol. The standard InChI is InChI=1S/C34H42ClN5O3/c1-8-33(4,5)22-14-17-29(24(18-22)34(6,7)9-2)43-21(3)32(42)37-23-15-16-25(35)27(19-23)38-30-20-31(41)40(39-30)28-13-11-10-12-26(28)36/h10-21,38-39H,8-9,36H2,1-7H3,(H,37,42). The average Bonchev–Trinajstić information content (AvgIpc) is 3.34. The number of nitrogens with two attached hydrogens (primary N) is 1. The lowest BCUT2D eigenvalue weighted by Gasteiger charge is -2.31. The average molecular weight is 604 g/mol. The summed E-state index contributed by atoms with van der Waals surface area (Å²) in [5.74, 6) is 0.817. The maximum atomic E-state index is 13.3. The highest BCUT2D eigenvalue weighted by Crippen LogP contribution is 2.39. The van der Waals surface area contributed by atoms with E-state index in [4.69, 9.17) is 22.1 Å². The maximum absolute atomic E-state index is 13.3. The largest absolute Gasteiger partial charge is 0.481 e. The van der Waals surface area contributed by atoms with Gasteiger partial charge in [0.2, 0.25) is 0 Å². The highest BCUT2D eigenvalue weighted by Gasteiger charge is 2.28. The van der Waals surface area contributed by atoms with E-state index >= 15 is 0 Å². The summed E-state index contributed by atoms with van der Waals surface area (Å²) in [6.45, 7) is 15.0. The number of para-hydroxylation sites is 2. The fourth-order valence-corrected chi connectivity index (χ4v) is 4.80. The number of carbonyl (C=O) groups is 1. The van der Waals surface area contributed by atoms with Crippen LogP contribution in [0.15, 0.2) is 71.5 Å². The minimum Gasteiger partial charge on any atom is -0.481 e. The van der Waals surface area contributed by atoms with Gasteiger partial charge in [-0.3, -0.25) is 14.7 Å². The zero-order valence-corrected chi connectivity index (χ0v) is 26.7. The van der Waals surface area contributed by atoms with Gasteiger partial charge in [-0.05, 0) is 72.6 Å². The van der Waals surface area contributed by atoms with Crippen LogP contribution in [0, 0.1) is 0 Å². The molecule has 0 radical (unpaired) electrons. The van der Waals surface area contributed by atoms with E-state index in [2.05, 4.69) is 69.4 Å². The molecule has 1 aromatic heterocycles. The summed E-state index contributed by atoms with van der Waals surface area (Å²) in [7, 11) is 0. The van der Waals surface area contributed by atoms with Crippen LogP contribution in [0.4, 0.5) is 22.9 Å². The quantitative estimate of drug-likeness (QED) is 0.130. The molecule has 0 spiro atoms. The van der Waals surface area contributed by atoms with Crippen molar-refractivity contribution >= 4 is 40.4 Å². The van der Waals surface area contributed by atoms with E-state index in [0.717, 1.165) is 18.4 Å². The lowest BCUT2D eigenvalue weighted by atomic mass is 9.76. The van der Waals surface area contributed by atoms with Gasteiger partial charge in [-0.2, -0.15) is 0 Å². The lowest BCUT2D eigenvalue weighted by Crippen LogP contribution is -2.31.